The van der Waals surface area contributed by atoms with E-state index in [1.54, 1.807) is 14.0 Å². The Bertz CT molecular complexity index is 678. The number of hydrogen-bond donors (Lipinski definition) is 2. The highest BCUT2D eigenvalue weighted by Gasteiger charge is 2.19. The highest BCUT2D eigenvalue weighted by molar-refractivity contribution is 7.90. The number of hydrogen-bond acceptors (Lipinski definition) is 3. The fourth-order valence-electron chi connectivity index (χ4n) is 2.16. The summed E-state index contributed by atoms with van der Waals surface area (Å²) < 4.78 is 26.8. The van der Waals surface area contributed by atoms with Crippen molar-refractivity contribution >= 4 is 20.8 Å². The largest absolute Gasteiger partial charge is 0.318 e. The zero-order valence-corrected chi connectivity index (χ0v) is 12.6. The smallest absolute Gasteiger partial charge is 0.215 e. The van der Waals surface area contributed by atoms with E-state index < -0.39 is 15.3 Å². The molecule has 2 aromatic carbocycles. The van der Waals surface area contributed by atoms with Gasteiger partial charge in [-0.1, -0.05) is 42.5 Å². The van der Waals surface area contributed by atoms with Crippen LogP contribution >= 0.6 is 0 Å². The molecule has 1 atom stereocenters. The van der Waals surface area contributed by atoms with E-state index in [-0.39, 0.29) is 0 Å². The van der Waals surface area contributed by atoms with E-state index >= 15 is 0 Å². The summed E-state index contributed by atoms with van der Waals surface area (Å²) in [5.74, 6) is 0. The van der Waals surface area contributed by atoms with Gasteiger partial charge in [0.15, 0.2) is 0 Å². The van der Waals surface area contributed by atoms with Crippen LogP contribution < -0.4 is 10.0 Å². The van der Waals surface area contributed by atoms with Gasteiger partial charge < -0.3 is 5.32 Å². The van der Waals surface area contributed by atoms with Crippen molar-refractivity contribution in [2.45, 2.75) is 18.7 Å². The summed E-state index contributed by atoms with van der Waals surface area (Å²) in [6, 6.07) is 13.9. The third kappa shape index (κ3) is 3.36. The second-order valence-electron chi connectivity index (χ2n) is 4.87. The molecule has 2 aromatic rings. The van der Waals surface area contributed by atoms with Crippen LogP contribution in [0.5, 0.6) is 0 Å². The normalized spacial score (nSPS) is 13.5. The van der Waals surface area contributed by atoms with Gasteiger partial charge in [0.1, 0.15) is 0 Å². The molecule has 0 amide bonds. The molecule has 0 bridgehead atoms. The number of rotatable bonds is 6. The van der Waals surface area contributed by atoms with Crippen LogP contribution in [0, 0.1) is 0 Å². The summed E-state index contributed by atoms with van der Waals surface area (Å²) in [6.07, 6.45) is 0. The second-order valence-corrected chi connectivity index (χ2v) is 7.06. The molecule has 0 aromatic heterocycles. The van der Waals surface area contributed by atoms with Gasteiger partial charge in [-0.25, -0.2) is 13.1 Å². The molecule has 20 heavy (non-hydrogen) atoms. The lowest BCUT2D eigenvalue weighted by atomic mass is 10.1. The summed E-state index contributed by atoms with van der Waals surface area (Å²) >= 11 is 0. The Morgan fingerprint density at radius 3 is 2.55 bits per heavy atom. The molecular formula is C15H20N2O2S. The molecule has 0 aliphatic carbocycles. The number of nitrogens with one attached hydrogen (secondary N) is 2. The molecule has 5 heteroatoms. The minimum Gasteiger partial charge on any atom is -0.318 e. The van der Waals surface area contributed by atoms with Crippen LogP contribution in [-0.4, -0.2) is 27.3 Å². The number of sulfonamides is 1. The van der Waals surface area contributed by atoms with Gasteiger partial charge in [-0.15, -0.1) is 0 Å². The minimum atomic E-state index is -3.30. The lowest BCUT2D eigenvalue weighted by Crippen LogP contribution is -2.37. The quantitative estimate of drug-likeness (QED) is 0.854. The van der Waals surface area contributed by atoms with E-state index in [4.69, 9.17) is 0 Å². The van der Waals surface area contributed by atoms with Crippen LogP contribution in [0.1, 0.15) is 12.5 Å². The van der Waals surface area contributed by atoms with E-state index in [1.807, 2.05) is 42.5 Å². The Balaban J connectivity index is 2.17. The van der Waals surface area contributed by atoms with E-state index in [0.717, 1.165) is 16.3 Å². The van der Waals surface area contributed by atoms with Crippen LogP contribution in [0.25, 0.3) is 10.8 Å². The van der Waals surface area contributed by atoms with E-state index in [9.17, 15) is 8.42 Å². The SMILES string of the molecule is CNCC(C)S(=O)(=O)NCc1cccc2ccccc12. The van der Waals surface area contributed by atoms with E-state index in [0.29, 0.717) is 13.1 Å². The first-order chi connectivity index (χ1) is 9.54. The van der Waals surface area contributed by atoms with E-state index in [1.165, 1.54) is 0 Å². The molecule has 0 aliphatic rings. The topological polar surface area (TPSA) is 58.2 Å². The highest BCUT2D eigenvalue weighted by atomic mass is 32.2. The Kier molecular flexibility index (Phi) is 4.75. The molecule has 4 nitrogen and oxygen atoms in total. The van der Waals surface area contributed by atoms with Crippen LogP contribution in [-0.2, 0) is 16.6 Å². The molecule has 0 heterocycles. The van der Waals surface area contributed by atoms with Gasteiger partial charge in [0.2, 0.25) is 10.0 Å². The van der Waals surface area contributed by atoms with Crippen molar-refractivity contribution in [3.8, 4) is 0 Å². The van der Waals surface area contributed by atoms with Crippen molar-refractivity contribution < 1.29 is 8.42 Å². The zero-order chi connectivity index (χ0) is 14.6. The molecule has 0 aliphatic heterocycles. The molecule has 0 radical (unpaired) electrons. The number of fused-ring (bicyclic) bond motifs is 1. The second kappa shape index (κ2) is 6.35. The van der Waals surface area contributed by atoms with Crippen molar-refractivity contribution in [2.24, 2.45) is 0 Å². The van der Waals surface area contributed by atoms with E-state index in [2.05, 4.69) is 10.0 Å². The first-order valence-corrected chi connectivity index (χ1v) is 8.19. The van der Waals surface area contributed by atoms with Crippen LogP contribution in [0.4, 0.5) is 0 Å². The van der Waals surface area contributed by atoms with Crippen molar-refractivity contribution in [1.82, 2.24) is 10.0 Å². The molecular weight excluding hydrogens is 272 g/mol. The summed E-state index contributed by atoms with van der Waals surface area (Å²) in [7, 11) is -1.56. The van der Waals surface area contributed by atoms with Crippen LogP contribution in [0.3, 0.4) is 0 Å². The predicted octanol–water partition coefficient (Wildman–Crippen LogP) is 1.87. The molecule has 0 fully saturated rings. The van der Waals surface area contributed by atoms with Gasteiger partial charge >= 0.3 is 0 Å². The molecule has 2 rings (SSSR count). The van der Waals surface area contributed by atoms with Crippen molar-refractivity contribution in [2.75, 3.05) is 13.6 Å². The molecule has 108 valence electrons. The van der Waals surface area contributed by atoms with Gasteiger partial charge in [0, 0.05) is 13.1 Å². The maximum absolute atomic E-state index is 12.1. The predicted molar refractivity (Wildman–Crippen MR) is 83.1 cm³/mol. The lowest BCUT2D eigenvalue weighted by molar-refractivity contribution is 0.563. The Morgan fingerprint density at radius 1 is 1.10 bits per heavy atom. The number of benzene rings is 2. The average Bonchev–Trinajstić information content (AvgIpc) is 2.45. The van der Waals surface area contributed by atoms with Gasteiger partial charge in [-0.3, -0.25) is 0 Å². The summed E-state index contributed by atoms with van der Waals surface area (Å²) in [6.45, 7) is 2.45. The molecule has 0 saturated carbocycles. The van der Waals surface area contributed by atoms with Crippen molar-refractivity contribution in [3.05, 3.63) is 48.0 Å². The van der Waals surface area contributed by atoms with Gasteiger partial charge in [0.05, 0.1) is 5.25 Å². The monoisotopic (exact) mass is 292 g/mol. The molecule has 2 N–H and O–H groups in total. The highest BCUT2D eigenvalue weighted by Crippen LogP contribution is 2.18. The fourth-order valence-corrected chi connectivity index (χ4v) is 3.19. The van der Waals surface area contributed by atoms with Gasteiger partial charge in [-0.05, 0) is 30.3 Å². The lowest BCUT2D eigenvalue weighted by Gasteiger charge is -2.14. The minimum absolute atomic E-state index is 0.317. The Labute approximate surface area is 120 Å². The first-order valence-electron chi connectivity index (χ1n) is 6.64. The summed E-state index contributed by atoms with van der Waals surface area (Å²) in [5, 5.41) is 4.63. The average molecular weight is 292 g/mol. The standard InChI is InChI=1S/C15H20N2O2S/c1-12(10-16-2)20(18,19)17-11-14-8-5-7-13-6-3-4-9-15(13)14/h3-9,12,16-17H,10-11H2,1-2H3. The van der Waals surface area contributed by atoms with Crippen LogP contribution in [0.15, 0.2) is 42.5 Å². The zero-order valence-electron chi connectivity index (χ0n) is 11.8. The fraction of sp³-hybridized carbons (Fsp3) is 0.333. The Morgan fingerprint density at radius 2 is 1.80 bits per heavy atom. The van der Waals surface area contributed by atoms with Crippen molar-refractivity contribution in [3.63, 3.8) is 0 Å². The van der Waals surface area contributed by atoms with Gasteiger partial charge in [-0.2, -0.15) is 0 Å². The summed E-state index contributed by atoms with van der Waals surface area (Å²) in [4.78, 5) is 0. The summed E-state index contributed by atoms with van der Waals surface area (Å²) in [5.41, 5.74) is 0.989. The van der Waals surface area contributed by atoms with Crippen molar-refractivity contribution in [1.29, 1.82) is 0 Å². The molecule has 0 saturated heterocycles. The first kappa shape index (κ1) is 15.0. The Hall–Kier alpha value is -1.43. The van der Waals surface area contributed by atoms with Crippen LogP contribution in [0.2, 0.25) is 0 Å². The maximum atomic E-state index is 12.1. The molecule has 0 spiro atoms. The maximum Gasteiger partial charge on any atom is 0.215 e. The molecule has 1 unspecified atom stereocenters. The van der Waals surface area contributed by atoms with Gasteiger partial charge in [0.25, 0.3) is 0 Å². The third-order valence-corrected chi connectivity index (χ3v) is 5.14. The third-order valence-electron chi connectivity index (χ3n) is 3.37.